The molecule has 30 heavy (non-hydrogen) atoms. The van der Waals surface area contributed by atoms with Gasteiger partial charge in [0.25, 0.3) is 0 Å². The van der Waals surface area contributed by atoms with Gasteiger partial charge in [0.2, 0.25) is 5.91 Å². The minimum Gasteiger partial charge on any atom is -0.454 e. The molecule has 3 aliphatic rings. The molecule has 1 atom stereocenters. The smallest absolute Gasteiger partial charge is 0.339 e. The minimum absolute atomic E-state index is 0.115. The molecule has 0 unspecified atom stereocenters. The van der Waals surface area contributed by atoms with E-state index < -0.39 is 11.5 Å². The number of amides is 1. The Hall–Kier alpha value is -2.82. The van der Waals surface area contributed by atoms with Crippen molar-refractivity contribution in [2.24, 2.45) is 0 Å². The molecule has 5 heteroatoms. The fourth-order valence-corrected chi connectivity index (χ4v) is 5.42. The maximum atomic E-state index is 13.9. The number of carbonyl (C=O) groups is 2. The lowest BCUT2D eigenvalue weighted by molar-refractivity contribution is -0.143. The Morgan fingerprint density at radius 3 is 2.27 bits per heavy atom. The molecule has 5 rings (SSSR count). The Balaban J connectivity index is 1.41. The molecule has 5 nitrogen and oxygen atoms in total. The van der Waals surface area contributed by atoms with E-state index >= 15 is 0 Å². The first-order valence-corrected chi connectivity index (χ1v) is 11.1. The van der Waals surface area contributed by atoms with Crippen molar-refractivity contribution in [3.05, 3.63) is 65.7 Å². The molecule has 2 fully saturated rings. The molecule has 1 spiro atoms. The number of ether oxygens (including phenoxy) is 1. The summed E-state index contributed by atoms with van der Waals surface area (Å²) in [5.74, 6) is -0.551. The van der Waals surface area contributed by atoms with Gasteiger partial charge in [0.15, 0.2) is 0 Å². The third-order valence-corrected chi connectivity index (χ3v) is 6.97. The van der Waals surface area contributed by atoms with Gasteiger partial charge in [-0.2, -0.15) is 0 Å². The zero-order valence-corrected chi connectivity index (χ0v) is 17.3. The van der Waals surface area contributed by atoms with Crippen LogP contribution >= 0.6 is 0 Å². The van der Waals surface area contributed by atoms with Crippen molar-refractivity contribution < 1.29 is 14.3 Å². The number of anilines is 1. The van der Waals surface area contributed by atoms with E-state index in [2.05, 4.69) is 17.0 Å². The summed E-state index contributed by atoms with van der Waals surface area (Å²) >= 11 is 0. The van der Waals surface area contributed by atoms with Crippen LogP contribution in [0.2, 0.25) is 0 Å². The van der Waals surface area contributed by atoms with Gasteiger partial charge in [-0.05, 0) is 49.4 Å². The lowest BCUT2D eigenvalue weighted by Gasteiger charge is -2.47. The number of para-hydroxylation sites is 1. The van der Waals surface area contributed by atoms with Crippen molar-refractivity contribution in [3.63, 3.8) is 0 Å². The molecule has 2 aromatic carbocycles. The molecular weight excluding hydrogens is 376 g/mol. The number of fused-ring (bicyclic) bond motifs is 1. The van der Waals surface area contributed by atoms with Crippen LogP contribution in [0.5, 0.6) is 0 Å². The first kappa shape index (κ1) is 19.2. The molecule has 2 heterocycles. The molecule has 1 amide bonds. The Bertz CT molecular complexity index is 928. The van der Waals surface area contributed by atoms with Crippen LogP contribution in [0.3, 0.4) is 0 Å². The number of hydrogen-bond acceptors (Lipinski definition) is 4. The third-order valence-electron chi connectivity index (χ3n) is 6.97. The maximum absolute atomic E-state index is 13.9. The van der Waals surface area contributed by atoms with Crippen LogP contribution in [-0.4, -0.2) is 48.6 Å². The van der Waals surface area contributed by atoms with E-state index in [1.807, 2.05) is 41.3 Å². The molecule has 0 radical (unpaired) electrons. The van der Waals surface area contributed by atoms with E-state index in [9.17, 15) is 9.59 Å². The van der Waals surface area contributed by atoms with Crippen LogP contribution < -0.4 is 4.90 Å². The van der Waals surface area contributed by atoms with Gasteiger partial charge in [0.05, 0.1) is 5.56 Å². The molecule has 1 saturated carbocycles. The van der Waals surface area contributed by atoms with Gasteiger partial charge in [-0.3, -0.25) is 4.79 Å². The molecule has 0 aromatic heterocycles. The summed E-state index contributed by atoms with van der Waals surface area (Å²) in [6, 6.07) is 17.9. The first-order chi connectivity index (χ1) is 14.7. The van der Waals surface area contributed by atoms with Crippen molar-refractivity contribution in [3.8, 4) is 0 Å². The quantitative estimate of drug-likeness (QED) is 0.710. The summed E-state index contributed by atoms with van der Waals surface area (Å²) in [6.45, 7) is 3.01. The molecule has 2 aromatic rings. The molecule has 0 bridgehead atoms. The summed E-state index contributed by atoms with van der Waals surface area (Å²) in [5, 5.41) is 0. The standard InChI is InChI=1S/C25H28N2O3/c28-23(27-17-15-26(16-18-27)19-9-3-1-4-10-19)22-20-11-5-6-12-21(20)24(29)30-25(22)13-7-2-8-14-25/h1,3-6,9-12,22H,2,7-8,13-18H2/t22-/m0/s1. The summed E-state index contributed by atoms with van der Waals surface area (Å²) in [7, 11) is 0. The van der Waals surface area contributed by atoms with Crippen molar-refractivity contribution >= 4 is 17.6 Å². The number of esters is 1. The van der Waals surface area contributed by atoms with Gasteiger partial charge in [0, 0.05) is 31.9 Å². The largest absolute Gasteiger partial charge is 0.454 e. The van der Waals surface area contributed by atoms with E-state index in [4.69, 9.17) is 4.74 Å². The predicted molar refractivity (Wildman–Crippen MR) is 116 cm³/mol. The normalized spacial score (nSPS) is 23.1. The van der Waals surface area contributed by atoms with Crippen LogP contribution in [0.15, 0.2) is 54.6 Å². The van der Waals surface area contributed by atoms with Crippen LogP contribution in [0.25, 0.3) is 0 Å². The molecule has 1 saturated heterocycles. The summed E-state index contributed by atoms with van der Waals surface area (Å²) in [4.78, 5) is 30.9. The average Bonchev–Trinajstić information content (AvgIpc) is 2.80. The second-order valence-corrected chi connectivity index (χ2v) is 8.68. The van der Waals surface area contributed by atoms with Gasteiger partial charge < -0.3 is 14.5 Å². The molecule has 1 aliphatic carbocycles. The Kier molecular flexibility index (Phi) is 4.97. The van der Waals surface area contributed by atoms with Crippen molar-refractivity contribution in [2.45, 2.75) is 43.6 Å². The third kappa shape index (κ3) is 3.26. The van der Waals surface area contributed by atoms with Gasteiger partial charge in [-0.15, -0.1) is 0 Å². The topological polar surface area (TPSA) is 49.9 Å². The van der Waals surface area contributed by atoms with E-state index in [-0.39, 0.29) is 11.9 Å². The number of nitrogens with zero attached hydrogens (tertiary/aromatic N) is 2. The number of carbonyl (C=O) groups excluding carboxylic acids is 2. The van der Waals surface area contributed by atoms with Crippen molar-refractivity contribution in [1.29, 1.82) is 0 Å². The van der Waals surface area contributed by atoms with Gasteiger partial charge in [-0.1, -0.05) is 42.8 Å². The highest BCUT2D eigenvalue weighted by molar-refractivity contribution is 5.98. The van der Waals surface area contributed by atoms with Gasteiger partial charge >= 0.3 is 5.97 Å². The number of piperazine rings is 1. The van der Waals surface area contributed by atoms with E-state index in [1.165, 1.54) is 5.69 Å². The second-order valence-electron chi connectivity index (χ2n) is 8.68. The van der Waals surface area contributed by atoms with E-state index in [0.29, 0.717) is 18.7 Å². The minimum atomic E-state index is -0.683. The SMILES string of the molecule is O=C1OC2(CCCCC2)[C@H](C(=O)N2CCN(c3ccccc3)CC2)c2ccccc21. The molecular formula is C25H28N2O3. The fourth-order valence-electron chi connectivity index (χ4n) is 5.42. The highest BCUT2D eigenvalue weighted by atomic mass is 16.6. The Morgan fingerprint density at radius 2 is 1.53 bits per heavy atom. The average molecular weight is 405 g/mol. The molecule has 2 aliphatic heterocycles. The van der Waals surface area contributed by atoms with Crippen LogP contribution in [0.4, 0.5) is 5.69 Å². The fraction of sp³-hybridized carbons (Fsp3) is 0.440. The number of rotatable bonds is 2. The van der Waals surface area contributed by atoms with Gasteiger partial charge in [-0.25, -0.2) is 4.79 Å². The van der Waals surface area contributed by atoms with Crippen LogP contribution in [0, 0.1) is 0 Å². The van der Waals surface area contributed by atoms with E-state index in [0.717, 1.165) is 50.8 Å². The first-order valence-electron chi connectivity index (χ1n) is 11.1. The zero-order valence-electron chi connectivity index (χ0n) is 17.3. The Morgan fingerprint density at radius 1 is 0.867 bits per heavy atom. The monoisotopic (exact) mass is 404 g/mol. The van der Waals surface area contributed by atoms with Crippen LogP contribution in [0.1, 0.15) is 53.9 Å². The summed E-state index contributed by atoms with van der Waals surface area (Å²) in [6.07, 6.45) is 4.68. The zero-order chi connectivity index (χ0) is 20.6. The van der Waals surface area contributed by atoms with E-state index in [1.54, 1.807) is 6.07 Å². The number of hydrogen-bond donors (Lipinski definition) is 0. The predicted octanol–water partition coefficient (Wildman–Crippen LogP) is 3.99. The molecule has 156 valence electrons. The summed E-state index contributed by atoms with van der Waals surface area (Å²) < 4.78 is 6.06. The Labute approximate surface area is 177 Å². The number of benzene rings is 2. The molecule has 0 N–H and O–H groups in total. The lowest BCUT2D eigenvalue weighted by Crippen LogP contribution is -2.56. The van der Waals surface area contributed by atoms with Crippen molar-refractivity contribution in [1.82, 2.24) is 4.90 Å². The maximum Gasteiger partial charge on any atom is 0.339 e. The highest BCUT2D eigenvalue weighted by Crippen LogP contribution is 2.48. The van der Waals surface area contributed by atoms with Crippen LogP contribution in [-0.2, 0) is 9.53 Å². The van der Waals surface area contributed by atoms with Gasteiger partial charge in [0.1, 0.15) is 11.5 Å². The second kappa shape index (κ2) is 7.78. The lowest BCUT2D eigenvalue weighted by atomic mass is 9.69. The summed E-state index contributed by atoms with van der Waals surface area (Å²) in [5.41, 5.74) is 1.92. The van der Waals surface area contributed by atoms with Crippen molar-refractivity contribution in [2.75, 3.05) is 31.1 Å². The highest BCUT2D eigenvalue weighted by Gasteiger charge is 2.53.